The molecular formula is C24H50O9. The molecule has 9 heteroatoms. The number of ether oxygens (including phenoxy) is 9. The van der Waals surface area contributed by atoms with Gasteiger partial charge < -0.3 is 42.6 Å². The van der Waals surface area contributed by atoms with Crippen molar-refractivity contribution < 1.29 is 42.6 Å². The summed E-state index contributed by atoms with van der Waals surface area (Å²) >= 11 is 0. The minimum Gasteiger partial charge on any atom is -0.379 e. The molecule has 9 nitrogen and oxygen atoms in total. The van der Waals surface area contributed by atoms with Crippen LogP contribution in [-0.2, 0) is 42.6 Å². The van der Waals surface area contributed by atoms with Crippen LogP contribution in [0.5, 0.6) is 0 Å². The van der Waals surface area contributed by atoms with Gasteiger partial charge in [0.15, 0.2) is 0 Å². The molecule has 0 spiro atoms. The van der Waals surface area contributed by atoms with Crippen molar-refractivity contribution in [1.29, 1.82) is 0 Å². The highest BCUT2D eigenvalue weighted by molar-refractivity contribution is 4.38. The van der Waals surface area contributed by atoms with E-state index in [2.05, 4.69) is 13.8 Å². The van der Waals surface area contributed by atoms with Gasteiger partial charge in [-0.3, -0.25) is 0 Å². The molecule has 0 amide bonds. The van der Waals surface area contributed by atoms with Crippen molar-refractivity contribution in [3.63, 3.8) is 0 Å². The van der Waals surface area contributed by atoms with Crippen LogP contribution in [0.2, 0.25) is 0 Å². The van der Waals surface area contributed by atoms with E-state index < -0.39 is 0 Å². The predicted octanol–water partition coefficient (Wildman–Crippen LogP) is 2.74. The van der Waals surface area contributed by atoms with Gasteiger partial charge in [0.05, 0.1) is 106 Å². The minimum absolute atomic E-state index is 0.542. The highest BCUT2D eigenvalue weighted by atomic mass is 16.6. The first-order valence-corrected chi connectivity index (χ1v) is 12.6. The molecule has 0 aliphatic carbocycles. The van der Waals surface area contributed by atoms with E-state index in [1.165, 1.54) is 0 Å². The normalized spacial score (nSPS) is 11.5. The van der Waals surface area contributed by atoms with Crippen molar-refractivity contribution in [2.45, 2.75) is 39.5 Å². The highest BCUT2D eigenvalue weighted by Gasteiger charge is 1.95. The molecule has 0 saturated carbocycles. The lowest BCUT2D eigenvalue weighted by Gasteiger charge is -2.08. The molecule has 0 aromatic carbocycles. The maximum absolute atomic E-state index is 5.45. The molecule has 0 aliphatic heterocycles. The second-order valence-electron chi connectivity index (χ2n) is 7.22. The van der Waals surface area contributed by atoms with Crippen LogP contribution in [0.3, 0.4) is 0 Å². The summed E-state index contributed by atoms with van der Waals surface area (Å²) in [5.74, 6) is 0. The Labute approximate surface area is 201 Å². The molecular weight excluding hydrogens is 432 g/mol. The fourth-order valence-corrected chi connectivity index (χ4v) is 2.35. The third kappa shape index (κ3) is 31.6. The van der Waals surface area contributed by atoms with Crippen LogP contribution in [0.25, 0.3) is 0 Å². The fourth-order valence-electron chi connectivity index (χ4n) is 2.35. The van der Waals surface area contributed by atoms with Gasteiger partial charge in [-0.15, -0.1) is 0 Å². The quantitative estimate of drug-likeness (QED) is 0.144. The summed E-state index contributed by atoms with van der Waals surface area (Å²) in [4.78, 5) is 0. The molecule has 0 N–H and O–H groups in total. The summed E-state index contributed by atoms with van der Waals surface area (Å²) in [5, 5.41) is 0. The van der Waals surface area contributed by atoms with Gasteiger partial charge in [-0.2, -0.15) is 0 Å². The van der Waals surface area contributed by atoms with Gasteiger partial charge >= 0.3 is 0 Å². The van der Waals surface area contributed by atoms with Gasteiger partial charge in [0.1, 0.15) is 0 Å². The number of hydrogen-bond acceptors (Lipinski definition) is 9. The maximum atomic E-state index is 5.45. The van der Waals surface area contributed by atoms with Crippen molar-refractivity contribution in [3.05, 3.63) is 0 Å². The Morgan fingerprint density at radius 1 is 0.242 bits per heavy atom. The van der Waals surface area contributed by atoms with Gasteiger partial charge in [0.25, 0.3) is 0 Å². The molecule has 0 aromatic rings. The van der Waals surface area contributed by atoms with E-state index in [0.717, 1.165) is 38.9 Å². The van der Waals surface area contributed by atoms with Crippen LogP contribution in [-0.4, -0.2) is 119 Å². The minimum atomic E-state index is 0.542. The first-order chi connectivity index (χ1) is 16.4. The van der Waals surface area contributed by atoms with Gasteiger partial charge in [-0.1, -0.05) is 26.7 Å². The van der Waals surface area contributed by atoms with Gasteiger partial charge in [0.2, 0.25) is 0 Å². The highest BCUT2D eigenvalue weighted by Crippen LogP contribution is 1.89. The summed E-state index contributed by atoms with van der Waals surface area (Å²) < 4.78 is 48.9. The second kappa shape index (κ2) is 31.6. The van der Waals surface area contributed by atoms with Crippen LogP contribution in [0, 0.1) is 0 Å². The summed E-state index contributed by atoms with van der Waals surface area (Å²) in [7, 11) is 0. The molecule has 0 atom stereocenters. The summed E-state index contributed by atoms with van der Waals surface area (Å²) in [6.07, 6.45) is 4.51. The van der Waals surface area contributed by atoms with E-state index in [1.54, 1.807) is 0 Å². The fraction of sp³-hybridized carbons (Fsp3) is 1.00. The smallest absolute Gasteiger partial charge is 0.0701 e. The van der Waals surface area contributed by atoms with Crippen LogP contribution in [0.15, 0.2) is 0 Å². The average molecular weight is 483 g/mol. The van der Waals surface area contributed by atoms with Crippen molar-refractivity contribution in [2.24, 2.45) is 0 Å². The first-order valence-electron chi connectivity index (χ1n) is 12.6. The predicted molar refractivity (Wildman–Crippen MR) is 127 cm³/mol. The molecule has 0 unspecified atom stereocenters. The Balaban J connectivity index is 2.99. The monoisotopic (exact) mass is 482 g/mol. The third-order valence-electron chi connectivity index (χ3n) is 4.26. The Bertz CT molecular complexity index is 305. The lowest BCUT2D eigenvalue weighted by Crippen LogP contribution is -2.15. The van der Waals surface area contributed by atoms with E-state index in [-0.39, 0.29) is 0 Å². The SMILES string of the molecule is CCCCOCCOCCOCCOCCOCCOCCOCCOCCOCCCC. The van der Waals surface area contributed by atoms with Crippen molar-refractivity contribution >= 4 is 0 Å². The van der Waals surface area contributed by atoms with Crippen LogP contribution < -0.4 is 0 Å². The average Bonchev–Trinajstić information content (AvgIpc) is 2.83. The standard InChI is InChI=1S/C24H50O9/c1-3-5-7-25-9-11-27-13-15-29-17-19-31-21-23-33-24-22-32-20-18-30-16-14-28-12-10-26-8-6-4-2/h3-24H2,1-2H3. The van der Waals surface area contributed by atoms with Gasteiger partial charge in [-0.25, -0.2) is 0 Å². The van der Waals surface area contributed by atoms with E-state index in [0.29, 0.717) is 106 Å². The Morgan fingerprint density at radius 2 is 0.394 bits per heavy atom. The molecule has 0 rings (SSSR count). The van der Waals surface area contributed by atoms with E-state index in [9.17, 15) is 0 Å². The van der Waals surface area contributed by atoms with Crippen molar-refractivity contribution in [2.75, 3.05) is 119 Å². The lowest BCUT2D eigenvalue weighted by atomic mass is 10.4. The molecule has 200 valence electrons. The number of hydrogen-bond donors (Lipinski definition) is 0. The Kier molecular flexibility index (Phi) is 31.3. The third-order valence-corrected chi connectivity index (χ3v) is 4.26. The molecule has 0 fully saturated rings. The van der Waals surface area contributed by atoms with Gasteiger partial charge in [0, 0.05) is 13.2 Å². The maximum Gasteiger partial charge on any atom is 0.0701 e. The van der Waals surface area contributed by atoms with Gasteiger partial charge in [-0.05, 0) is 12.8 Å². The Hall–Kier alpha value is -0.360. The lowest BCUT2D eigenvalue weighted by molar-refractivity contribution is -0.0250. The first kappa shape index (κ1) is 32.6. The molecule has 0 radical (unpaired) electrons. The molecule has 0 bridgehead atoms. The molecule has 0 heterocycles. The largest absolute Gasteiger partial charge is 0.379 e. The van der Waals surface area contributed by atoms with E-state index >= 15 is 0 Å². The zero-order valence-corrected chi connectivity index (χ0v) is 21.2. The zero-order valence-electron chi connectivity index (χ0n) is 21.2. The van der Waals surface area contributed by atoms with Crippen molar-refractivity contribution in [3.8, 4) is 0 Å². The van der Waals surface area contributed by atoms with Crippen molar-refractivity contribution in [1.82, 2.24) is 0 Å². The topological polar surface area (TPSA) is 83.1 Å². The summed E-state index contributed by atoms with van der Waals surface area (Å²) in [5.41, 5.74) is 0. The number of unbranched alkanes of at least 4 members (excludes halogenated alkanes) is 2. The van der Waals surface area contributed by atoms with E-state index in [1.807, 2.05) is 0 Å². The number of rotatable bonds is 30. The molecule has 0 saturated heterocycles. The summed E-state index contributed by atoms with van der Waals surface area (Å²) in [6, 6.07) is 0. The van der Waals surface area contributed by atoms with Crippen LogP contribution in [0.4, 0.5) is 0 Å². The summed E-state index contributed by atoms with van der Waals surface area (Å²) in [6.45, 7) is 15.1. The zero-order chi connectivity index (χ0) is 23.9. The molecule has 0 aliphatic rings. The Morgan fingerprint density at radius 3 is 0.545 bits per heavy atom. The second-order valence-corrected chi connectivity index (χ2v) is 7.22. The van der Waals surface area contributed by atoms with Crippen LogP contribution >= 0.6 is 0 Å². The molecule has 0 aromatic heterocycles. The van der Waals surface area contributed by atoms with Crippen LogP contribution in [0.1, 0.15) is 39.5 Å². The van der Waals surface area contributed by atoms with E-state index in [4.69, 9.17) is 42.6 Å². The molecule has 33 heavy (non-hydrogen) atoms.